The van der Waals surface area contributed by atoms with E-state index in [1.807, 2.05) is 6.07 Å². The van der Waals surface area contributed by atoms with Gasteiger partial charge in [0.2, 0.25) is 10.0 Å². The molecule has 1 N–H and O–H groups in total. The smallest absolute Gasteiger partial charge is 0.298 e. The van der Waals surface area contributed by atoms with Crippen molar-refractivity contribution >= 4 is 33.2 Å². The van der Waals surface area contributed by atoms with Crippen LogP contribution in [0.4, 0.5) is 20.2 Å². The third-order valence-electron chi connectivity index (χ3n) is 10.5. The molecule has 258 valence electrons. The predicted octanol–water partition coefficient (Wildman–Crippen LogP) is 5.49. The molecule has 2 unspecified atom stereocenters. The zero-order chi connectivity index (χ0) is 35.8. The second-order valence-corrected chi connectivity index (χ2v) is 15.8. The maximum Gasteiger partial charge on any atom is 0.298 e. The third kappa shape index (κ3) is 4.90. The average Bonchev–Trinajstić information content (AvgIpc) is 4.02. The van der Waals surface area contributed by atoms with Crippen LogP contribution in [0.2, 0.25) is 0 Å². The first-order valence-electron chi connectivity index (χ1n) is 16.0. The van der Waals surface area contributed by atoms with Crippen LogP contribution in [0.3, 0.4) is 0 Å². The highest BCUT2D eigenvalue weighted by atomic mass is 32.2. The van der Waals surface area contributed by atoms with Gasteiger partial charge in [-0.05, 0) is 63.4 Å². The molecule has 50 heavy (non-hydrogen) atoms. The number of ether oxygens (including phenoxy) is 1. The van der Waals surface area contributed by atoms with E-state index in [4.69, 9.17) is 4.74 Å². The van der Waals surface area contributed by atoms with Crippen molar-refractivity contribution < 1.29 is 31.5 Å². The highest BCUT2D eigenvalue weighted by Crippen LogP contribution is 2.58. The van der Waals surface area contributed by atoms with E-state index >= 15 is 8.78 Å². The standard InChI is InChI=1S/C36H34F2N6O5S/c1-22-35(19-30(35)42(3)50(47,48)34(2)16-17-34)44-31(28(21-40-44)41-32(45)23-10-15-29(49-4)24(18-23)20-39)33(46)43(22)27-13-11-26(12-14-27)36(37,38)25-8-6-5-7-9-25/h5-15,18,21-22,30H,16-17,19H2,1-4H3,(H,41,45)/t22-,30?,35?/m0/s1. The van der Waals surface area contributed by atoms with Crippen LogP contribution in [0.5, 0.6) is 5.75 Å². The fourth-order valence-electron chi connectivity index (χ4n) is 7.09. The minimum absolute atomic E-state index is 0.00934. The molecule has 2 heterocycles. The van der Waals surface area contributed by atoms with Gasteiger partial charge in [-0.1, -0.05) is 42.5 Å². The summed E-state index contributed by atoms with van der Waals surface area (Å²) in [6.07, 6.45) is 2.75. The van der Waals surface area contributed by atoms with E-state index in [9.17, 15) is 23.3 Å². The van der Waals surface area contributed by atoms with Crippen molar-refractivity contribution in [2.75, 3.05) is 24.4 Å². The minimum atomic E-state index is -3.71. The van der Waals surface area contributed by atoms with Crippen LogP contribution in [0.25, 0.3) is 0 Å². The number of halogens is 2. The molecule has 7 rings (SSSR count). The van der Waals surface area contributed by atoms with Gasteiger partial charge >= 0.3 is 0 Å². The number of nitrogens with zero attached hydrogens (tertiary/aromatic N) is 5. The Morgan fingerprint density at radius 1 is 1.10 bits per heavy atom. The lowest BCUT2D eigenvalue weighted by molar-refractivity contribution is 0.0428. The van der Waals surface area contributed by atoms with Crippen molar-refractivity contribution in [1.82, 2.24) is 14.1 Å². The Morgan fingerprint density at radius 2 is 1.76 bits per heavy atom. The van der Waals surface area contributed by atoms with Crippen molar-refractivity contribution in [3.05, 3.63) is 107 Å². The van der Waals surface area contributed by atoms with Crippen molar-refractivity contribution in [1.29, 1.82) is 5.26 Å². The lowest BCUT2D eigenvalue weighted by Crippen LogP contribution is -2.57. The Hall–Kier alpha value is -5.13. The molecule has 14 heteroatoms. The number of hydrogen-bond donors (Lipinski definition) is 1. The number of likely N-dealkylation sites (N-methyl/N-ethyl adjacent to an activating group) is 1. The molecule has 3 aliphatic rings. The summed E-state index contributed by atoms with van der Waals surface area (Å²) < 4.78 is 65.4. The summed E-state index contributed by atoms with van der Waals surface area (Å²) in [5, 5.41) is 16.8. The Bertz CT molecular complexity index is 2180. The van der Waals surface area contributed by atoms with Gasteiger partial charge in [0, 0.05) is 29.4 Å². The fourth-order valence-corrected chi connectivity index (χ4v) is 8.99. The molecule has 1 aromatic heterocycles. The average molecular weight is 701 g/mol. The molecule has 0 saturated heterocycles. The summed E-state index contributed by atoms with van der Waals surface area (Å²) >= 11 is 0. The molecule has 3 aromatic carbocycles. The molecule has 2 saturated carbocycles. The summed E-state index contributed by atoms with van der Waals surface area (Å²) in [6, 6.07) is 17.9. The molecular weight excluding hydrogens is 666 g/mol. The lowest BCUT2D eigenvalue weighted by Gasteiger charge is -2.42. The monoisotopic (exact) mass is 700 g/mol. The zero-order valence-corrected chi connectivity index (χ0v) is 28.5. The van der Waals surface area contributed by atoms with Crippen LogP contribution < -0.4 is 15.0 Å². The number of sulfonamides is 1. The van der Waals surface area contributed by atoms with E-state index in [1.54, 1.807) is 19.9 Å². The molecular formula is C36H34F2N6O5S. The first-order valence-corrected chi connectivity index (χ1v) is 17.5. The Labute approximate surface area is 288 Å². The van der Waals surface area contributed by atoms with Crippen molar-refractivity contribution in [3.63, 3.8) is 0 Å². The van der Waals surface area contributed by atoms with E-state index < -0.39 is 50.1 Å². The predicted molar refractivity (Wildman–Crippen MR) is 181 cm³/mol. The fraction of sp³-hybridized carbons (Fsp3) is 0.333. The number of anilines is 2. The second-order valence-electron chi connectivity index (χ2n) is 13.3. The second kappa shape index (κ2) is 11.5. The minimum Gasteiger partial charge on any atom is -0.495 e. The number of carbonyl (C=O) groups is 2. The number of amides is 2. The summed E-state index contributed by atoms with van der Waals surface area (Å²) in [4.78, 5) is 29.4. The number of carbonyl (C=O) groups excluding carboxylic acids is 2. The number of alkyl halides is 2. The maximum absolute atomic E-state index is 15.4. The molecule has 0 bridgehead atoms. The van der Waals surface area contributed by atoms with Crippen molar-refractivity contribution in [2.24, 2.45) is 0 Å². The van der Waals surface area contributed by atoms with Crippen LogP contribution in [0.15, 0.2) is 79.0 Å². The summed E-state index contributed by atoms with van der Waals surface area (Å²) in [7, 11) is -0.765. The van der Waals surface area contributed by atoms with Gasteiger partial charge < -0.3 is 15.0 Å². The van der Waals surface area contributed by atoms with Crippen LogP contribution in [0, 0.1) is 11.3 Å². The van der Waals surface area contributed by atoms with Crippen molar-refractivity contribution in [3.8, 4) is 11.8 Å². The molecule has 3 atom stereocenters. The molecule has 2 amide bonds. The van der Waals surface area contributed by atoms with Gasteiger partial charge in [-0.3, -0.25) is 9.59 Å². The normalized spacial score (nSPS) is 22.2. The van der Waals surface area contributed by atoms with Gasteiger partial charge in [0.05, 0.1) is 41.4 Å². The molecule has 11 nitrogen and oxygen atoms in total. The van der Waals surface area contributed by atoms with Crippen molar-refractivity contribution in [2.45, 2.75) is 61.4 Å². The number of nitrogens with one attached hydrogen (secondary N) is 1. The summed E-state index contributed by atoms with van der Waals surface area (Å²) in [5.74, 6) is -4.18. The van der Waals surface area contributed by atoms with Gasteiger partial charge in [0.25, 0.3) is 17.7 Å². The zero-order valence-electron chi connectivity index (χ0n) is 27.7. The summed E-state index contributed by atoms with van der Waals surface area (Å²) in [6.45, 7) is 3.50. The van der Waals surface area contributed by atoms with E-state index in [-0.39, 0.29) is 33.6 Å². The number of benzene rings is 3. The van der Waals surface area contributed by atoms with Gasteiger partial charge in [0.15, 0.2) is 5.69 Å². The number of aromatic nitrogens is 2. The molecule has 4 aromatic rings. The number of nitriles is 1. The Kier molecular flexibility index (Phi) is 7.65. The molecule has 1 spiro atoms. The quantitative estimate of drug-likeness (QED) is 0.244. The van der Waals surface area contributed by atoms with Gasteiger partial charge in [-0.2, -0.15) is 23.4 Å². The van der Waals surface area contributed by atoms with Crippen LogP contribution >= 0.6 is 0 Å². The summed E-state index contributed by atoms with van der Waals surface area (Å²) in [5.41, 5.74) is -0.791. The number of rotatable bonds is 9. The maximum atomic E-state index is 15.4. The SMILES string of the molecule is COc1ccc(C(=O)Nc2cnn3c2C(=O)N(c2ccc(C(F)(F)c4ccccc4)cc2)[C@@H](C)C32CC2N(C)S(=O)(=O)C2(C)CC2)cc1C#N. The largest absolute Gasteiger partial charge is 0.495 e. The number of methoxy groups -OCH3 is 1. The first-order chi connectivity index (χ1) is 23.7. The van der Waals surface area contributed by atoms with Crippen LogP contribution in [-0.2, 0) is 21.5 Å². The van der Waals surface area contributed by atoms with Gasteiger partial charge in [0.1, 0.15) is 17.4 Å². The van der Waals surface area contributed by atoms with Crippen LogP contribution in [0.1, 0.15) is 70.6 Å². The van der Waals surface area contributed by atoms with E-state index in [1.165, 1.54) is 101 Å². The molecule has 2 fully saturated rings. The molecule has 0 radical (unpaired) electrons. The third-order valence-corrected chi connectivity index (χ3v) is 13.2. The topological polar surface area (TPSA) is 138 Å². The highest BCUT2D eigenvalue weighted by Gasteiger charge is 2.70. The van der Waals surface area contributed by atoms with Gasteiger partial charge in [-0.15, -0.1) is 0 Å². The van der Waals surface area contributed by atoms with E-state index in [0.29, 0.717) is 30.7 Å². The van der Waals surface area contributed by atoms with E-state index in [2.05, 4.69) is 10.4 Å². The number of hydrogen-bond acceptors (Lipinski definition) is 7. The Balaban J connectivity index is 1.28. The van der Waals surface area contributed by atoms with Gasteiger partial charge in [-0.25, -0.2) is 13.1 Å². The highest BCUT2D eigenvalue weighted by molar-refractivity contribution is 7.90. The molecule has 2 aliphatic carbocycles. The first kappa shape index (κ1) is 33.4. The Morgan fingerprint density at radius 3 is 2.38 bits per heavy atom. The van der Waals surface area contributed by atoms with Crippen LogP contribution in [-0.4, -0.2) is 65.3 Å². The number of fused-ring (bicyclic) bond motifs is 2. The lowest BCUT2D eigenvalue weighted by atomic mass is 9.97. The molecule has 1 aliphatic heterocycles. The van der Waals surface area contributed by atoms with E-state index in [0.717, 1.165) is 0 Å².